The van der Waals surface area contributed by atoms with E-state index in [1.54, 1.807) is 0 Å². The second-order valence-corrected chi connectivity index (χ2v) is 7.18. The maximum atomic E-state index is 13.7. The fourth-order valence-electron chi connectivity index (χ4n) is 1.62. The van der Waals surface area contributed by atoms with Crippen LogP contribution in [0.5, 0.6) is 0 Å². The van der Waals surface area contributed by atoms with Gasteiger partial charge in [0.15, 0.2) is 0 Å². The lowest BCUT2D eigenvalue weighted by Crippen LogP contribution is -2.49. The zero-order valence-electron chi connectivity index (χ0n) is 11.0. The molecule has 0 amide bonds. The van der Waals surface area contributed by atoms with Gasteiger partial charge >= 0.3 is 17.4 Å². The molecule has 11 heteroatoms. The first-order valence-electron chi connectivity index (χ1n) is 5.82. The van der Waals surface area contributed by atoms with Gasteiger partial charge in [0, 0.05) is 31.0 Å². The minimum atomic E-state index is -6.39. The lowest BCUT2D eigenvalue weighted by Gasteiger charge is -2.28. The van der Waals surface area contributed by atoms with Gasteiger partial charge in [0.05, 0.1) is 12.5 Å². The summed E-state index contributed by atoms with van der Waals surface area (Å²) in [6.45, 7) is 0. The highest BCUT2D eigenvalue weighted by Gasteiger charge is 2.73. The largest absolute Gasteiger partial charge is 0.472 e. The Kier molecular flexibility index (Phi) is 5.37. The number of hydrogen-bond acceptors (Lipinski definition) is 2. The molecule has 2 rings (SSSR count). The fraction of sp³-hybridized carbons (Fsp3) is 0.231. The van der Waals surface area contributed by atoms with E-state index in [1.165, 1.54) is 12.3 Å². The van der Waals surface area contributed by atoms with Gasteiger partial charge in [0.1, 0.15) is 0 Å². The van der Waals surface area contributed by atoms with Crippen molar-refractivity contribution in [3.8, 4) is 11.1 Å². The number of thioether (sulfide) groups is 1. The summed E-state index contributed by atoms with van der Waals surface area (Å²) >= 11 is 5.06. The van der Waals surface area contributed by atoms with Crippen LogP contribution in [0.15, 0.2) is 42.9 Å². The number of rotatable bonds is 4. The maximum Gasteiger partial charge on any atom is 0.460 e. The third kappa shape index (κ3) is 3.62. The summed E-state index contributed by atoms with van der Waals surface area (Å²) in [4.78, 5) is -0.511. The van der Waals surface area contributed by atoms with Gasteiger partial charge in [-0.3, -0.25) is 0 Å². The molecule has 0 unspecified atom stereocenters. The third-order valence-electron chi connectivity index (χ3n) is 2.72. The average Bonchev–Trinajstić information content (AvgIpc) is 2.89. The SMILES string of the molecule is FC(F)(F)C(F)(F)C(F)(F)Sc1cc(Br)[c]c(Br)c1-c1ccoc1. The van der Waals surface area contributed by atoms with Crippen molar-refractivity contribution in [1.29, 1.82) is 0 Å². The standard InChI is InChI=1S/C13H4Br2F7OS/c14-7-3-8(15)10(6-1-2-23-5-6)9(4-7)24-13(21,22)11(16,17)12(18,19)20/h1-2,4-5H. The predicted molar refractivity (Wildman–Crippen MR) is 80.2 cm³/mol. The summed E-state index contributed by atoms with van der Waals surface area (Å²) in [7, 11) is 0. The monoisotopic (exact) mass is 499 g/mol. The highest BCUT2D eigenvalue weighted by Crippen LogP contribution is 2.55. The van der Waals surface area contributed by atoms with Crippen molar-refractivity contribution < 1.29 is 35.2 Å². The van der Waals surface area contributed by atoms with E-state index in [9.17, 15) is 30.7 Å². The van der Waals surface area contributed by atoms with E-state index in [0.717, 1.165) is 12.3 Å². The third-order valence-corrected chi connectivity index (χ3v) is 4.80. The Morgan fingerprint density at radius 2 is 1.67 bits per heavy atom. The number of benzene rings is 1. The molecule has 0 aliphatic carbocycles. The van der Waals surface area contributed by atoms with Gasteiger partial charge in [0.25, 0.3) is 0 Å². The molecule has 0 spiro atoms. The van der Waals surface area contributed by atoms with Crippen LogP contribution < -0.4 is 0 Å². The van der Waals surface area contributed by atoms with Crippen LogP contribution in [0.1, 0.15) is 0 Å². The van der Waals surface area contributed by atoms with Crippen LogP contribution in [0, 0.1) is 6.07 Å². The van der Waals surface area contributed by atoms with Crippen LogP contribution in [0.4, 0.5) is 30.7 Å². The Morgan fingerprint density at radius 1 is 1.04 bits per heavy atom. The van der Waals surface area contributed by atoms with Gasteiger partial charge in [-0.15, -0.1) is 0 Å². The molecule has 0 saturated carbocycles. The van der Waals surface area contributed by atoms with Crippen molar-refractivity contribution in [2.24, 2.45) is 0 Å². The molecule has 0 N–H and O–H groups in total. The number of alkyl halides is 7. The first kappa shape index (κ1) is 19.6. The molecule has 24 heavy (non-hydrogen) atoms. The number of hydrogen-bond donors (Lipinski definition) is 0. The molecule has 0 bridgehead atoms. The van der Waals surface area contributed by atoms with Gasteiger partial charge in [0.2, 0.25) is 0 Å². The van der Waals surface area contributed by atoms with Gasteiger partial charge < -0.3 is 4.42 Å². The van der Waals surface area contributed by atoms with E-state index in [1.807, 2.05) is 0 Å². The molecule has 1 heterocycles. The van der Waals surface area contributed by atoms with Crippen molar-refractivity contribution in [3.63, 3.8) is 0 Å². The molecule has 1 aromatic heterocycles. The summed E-state index contributed by atoms with van der Waals surface area (Å²) in [5.74, 6) is -6.21. The molecule has 1 nitrogen and oxygen atoms in total. The maximum absolute atomic E-state index is 13.7. The van der Waals surface area contributed by atoms with Gasteiger partial charge in [-0.1, -0.05) is 15.9 Å². The van der Waals surface area contributed by atoms with Crippen LogP contribution in [0.3, 0.4) is 0 Å². The van der Waals surface area contributed by atoms with E-state index in [2.05, 4.69) is 37.9 Å². The second kappa shape index (κ2) is 6.56. The van der Waals surface area contributed by atoms with Gasteiger partial charge in [-0.05, 0) is 39.8 Å². The number of furan rings is 1. The molecular formula is C13H4Br2F7OS. The van der Waals surface area contributed by atoms with Gasteiger partial charge in [-0.25, -0.2) is 0 Å². The van der Waals surface area contributed by atoms with Crippen molar-refractivity contribution in [3.05, 3.63) is 39.7 Å². The predicted octanol–water partition coefficient (Wildman–Crippen LogP) is 7.15. The minimum absolute atomic E-state index is 0.0467. The van der Waals surface area contributed by atoms with E-state index < -0.39 is 34.0 Å². The zero-order valence-corrected chi connectivity index (χ0v) is 15.0. The first-order valence-corrected chi connectivity index (χ1v) is 8.22. The topological polar surface area (TPSA) is 13.1 Å². The fourth-order valence-corrected chi connectivity index (χ4v) is 4.27. The van der Waals surface area contributed by atoms with Crippen LogP contribution in [0.2, 0.25) is 0 Å². The molecule has 0 saturated heterocycles. The van der Waals surface area contributed by atoms with E-state index in [4.69, 9.17) is 4.42 Å². The molecule has 0 aliphatic heterocycles. The lowest BCUT2D eigenvalue weighted by molar-refractivity contribution is -0.330. The van der Waals surface area contributed by atoms with Crippen molar-refractivity contribution >= 4 is 43.6 Å². The molecule has 1 aromatic carbocycles. The zero-order chi connectivity index (χ0) is 18.3. The Bertz CT molecular complexity index is 729. The normalized spacial score (nSPS) is 13.4. The molecule has 0 atom stereocenters. The molecule has 1 radical (unpaired) electrons. The van der Waals surface area contributed by atoms with Crippen LogP contribution >= 0.6 is 43.6 Å². The van der Waals surface area contributed by atoms with Crippen LogP contribution in [-0.4, -0.2) is 17.4 Å². The highest BCUT2D eigenvalue weighted by atomic mass is 79.9. The quantitative estimate of drug-likeness (QED) is 0.326. The molecule has 0 fully saturated rings. The summed E-state index contributed by atoms with van der Waals surface area (Å²) in [5.41, 5.74) is 0.161. The summed E-state index contributed by atoms with van der Waals surface area (Å²) in [5, 5.41) is -5.43. The smallest absolute Gasteiger partial charge is 0.460 e. The molecule has 0 aliphatic rings. The summed E-state index contributed by atoms with van der Waals surface area (Å²) in [6, 6.07) is 4.96. The highest BCUT2D eigenvalue weighted by molar-refractivity contribution is 9.11. The van der Waals surface area contributed by atoms with Crippen LogP contribution in [0.25, 0.3) is 11.1 Å². The lowest BCUT2D eigenvalue weighted by atomic mass is 10.1. The minimum Gasteiger partial charge on any atom is -0.472 e. The van der Waals surface area contributed by atoms with E-state index >= 15 is 0 Å². The second-order valence-electron chi connectivity index (χ2n) is 4.37. The van der Waals surface area contributed by atoms with Crippen molar-refractivity contribution in [2.75, 3.05) is 0 Å². The number of halogens is 9. The summed E-state index contributed by atoms with van der Waals surface area (Å²) in [6.07, 6.45) is -4.07. The van der Waals surface area contributed by atoms with E-state index in [0.29, 0.717) is 0 Å². The van der Waals surface area contributed by atoms with Crippen molar-refractivity contribution in [2.45, 2.75) is 22.2 Å². The Morgan fingerprint density at radius 3 is 2.17 bits per heavy atom. The van der Waals surface area contributed by atoms with Gasteiger partial charge in [-0.2, -0.15) is 30.7 Å². The molecule has 2 aromatic rings. The van der Waals surface area contributed by atoms with Crippen molar-refractivity contribution in [1.82, 2.24) is 0 Å². The van der Waals surface area contributed by atoms with Crippen LogP contribution in [-0.2, 0) is 0 Å². The first-order chi connectivity index (χ1) is 10.9. The van der Waals surface area contributed by atoms with E-state index in [-0.39, 0.29) is 20.1 Å². The Hall–Kier alpha value is -0.680. The Balaban J connectivity index is 2.54. The Labute approximate surface area is 151 Å². The molecule has 131 valence electrons. The molecular weight excluding hydrogens is 497 g/mol. The average molecular weight is 501 g/mol. The summed E-state index contributed by atoms with van der Waals surface area (Å²) < 4.78 is 95.5.